The highest BCUT2D eigenvalue weighted by Gasteiger charge is 2.47. The first-order chi connectivity index (χ1) is 16.0. The largest absolute Gasteiger partial charge is 0.361 e. The molecule has 5 rings (SSSR count). The smallest absolute Gasteiger partial charge is 0.152 e. The van der Waals surface area contributed by atoms with Crippen LogP contribution < -0.4 is 0 Å². The molecule has 172 valence electrons. The van der Waals surface area contributed by atoms with Gasteiger partial charge in [-0.15, -0.1) is 0 Å². The van der Waals surface area contributed by atoms with Gasteiger partial charge in [0.05, 0.1) is 11.1 Å². The summed E-state index contributed by atoms with van der Waals surface area (Å²) in [7, 11) is 2.19. The molecule has 0 saturated carbocycles. The SMILES string of the molecule is Cc1noc(C)c1-c1ccc2c(c1)C(CCCN1CCN(C)CC1)(c1ccccc1)C(=O)C2. The van der Waals surface area contributed by atoms with Crippen molar-refractivity contribution in [1.82, 2.24) is 15.0 Å². The first kappa shape index (κ1) is 22.1. The van der Waals surface area contributed by atoms with Crippen molar-refractivity contribution < 1.29 is 9.32 Å². The molecule has 2 aliphatic rings. The fourth-order valence-corrected chi connectivity index (χ4v) is 5.75. The molecule has 0 radical (unpaired) electrons. The van der Waals surface area contributed by atoms with Gasteiger partial charge < -0.3 is 14.3 Å². The fourth-order valence-electron chi connectivity index (χ4n) is 5.75. The zero-order chi connectivity index (χ0) is 23.0. The monoisotopic (exact) mass is 443 g/mol. The molecule has 0 amide bonds. The Morgan fingerprint density at radius 3 is 2.48 bits per heavy atom. The van der Waals surface area contributed by atoms with Gasteiger partial charge in [-0.2, -0.15) is 0 Å². The Morgan fingerprint density at radius 1 is 1.03 bits per heavy atom. The third kappa shape index (κ3) is 3.94. The highest BCUT2D eigenvalue weighted by Crippen LogP contribution is 2.46. The molecule has 0 spiro atoms. The maximum Gasteiger partial charge on any atom is 0.152 e. The van der Waals surface area contributed by atoms with Gasteiger partial charge in [0, 0.05) is 38.2 Å². The van der Waals surface area contributed by atoms with Crippen LogP contribution in [0, 0.1) is 13.8 Å². The van der Waals surface area contributed by atoms with Gasteiger partial charge in [-0.3, -0.25) is 4.79 Å². The molecule has 1 saturated heterocycles. The summed E-state index contributed by atoms with van der Waals surface area (Å²) in [6.45, 7) is 9.41. The summed E-state index contributed by atoms with van der Waals surface area (Å²) in [5.41, 5.74) is 5.85. The van der Waals surface area contributed by atoms with E-state index in [0.29, 0.717) is 12.2 Å². The Kier molecular flexibility index (Phi) is 5.94. The summed E-state index contributed by atoms with van der Waals surface area (Å²) in [6.07, 6.45) is 2.33. The van der Waals surface area contributed by atoms with Crippen LogP contribution >= 0.6 is 0 Å². The third-order valence-corrected chi connectivity index (χ3v) is 7.61. The number of aromatic nitrogens is 1. The normalized spacial score (nSPS) is 21.5. The van der Waals surface area contributed by atoms with E-state index in [-0.39, 0.29) is 0 Å². The van der Waals surface area contributed by atoms with Crippen LogP contribution in [0.3, 0.4) is 0 Å². The predicted octanol–water partition coefficient (Wildman–Crippen LogP) is 4.40. The first-order valence-corrected chi connectivity index (χ1v) is 12.1. The Hall–Kier alpha value is -2.76. The van der Waals surface area contributed by atoms with Crippen molar-refractivity contribution in [1.29, 1.82) is 0 Å². The minimum absolute atomic E-state index is 0.318. The second kappa shape index (κ2) is 8.88. The topological polar surface area (TPSA) is 49.6 Å². The fraction of sp³-hybridized carbons (Fsp3) is 0.429. The molecule has 2 aromatic carbocycles. The van der Waals surface area contributed by atoms with Gasteiger partial charge in [0.25, 0.3) is 0 Å². The molecular weight excluding hydrogens is 410 g/mol. The van der Waals surface area contributed by atoms with E-state index in [9.17, 15) is 4.79 Å². The van der Waals surface area contributed by atoms with E-state index in [2.05, 4.69) is 64.5 Å². The van der Waals surface area contributed by atoms with Crippen molar-refractivity contribution in [3.05, 3.63) is 76.7 Å². The van der Waals surface area contributed by atoms with Crippen molar-refractivity contribution >= 4 is 5.78 Å². The molecule has 1 aromatic heterocycles. The van der Waals surface area contributed by atoms with Crippen molar-refractivity contribution in [2.24, 2.45) is 0 Å². The number of piperazine rings is 1. The Labute approximate surface area is 196 Å². The van der Waals surface area contributed by atoms with Gasteiger partial charge in [0.15, 0.2) is 5.78 Å². The number of hydrogen-bond acceptors (Lipinski definition) is 5. The van der Waals surface area contributed by atoms with Gasteiger partial charge in [-0.25, -0.2) is 0 Å². The van der Waals surface area contributed by atoms with Gasteiger partial charge in [-0.05, 0) is 68.6 Å². The summed E-state index contributed by atoms with van der Waals surface area (Å²) in [6, 6.07) is 16.9. The lowest BCUT2D eigenvalue weighted by atomic mass is 9.71. The molecule has 5 heteroatoms. The molecule has 1 aliphatic carbocycles. The third-order valence-electron chi connectivity index (χ3n) is 7.61. The number of carbonyl (C=O) groups excluding carboxylic acids is 1. The van der Waals surface area contributed by atoms with Crippen LogP contribution in [0.2, 0.25) is 0 Å². The Morgan fingerprint density at radius 2 is 1.79 bits per heavy atom. The van der Waals surface area contributed by atoms with E-state index in [0.717, 1.165) is 84.8 Å². The summed E-state index contributed by atoms with van der Waals surface area (Å²) in [5.74, 6) is 1.13. The summed E-state index contributed by atoms with van der Waals surface area (Å²) in [4.78, 5) is 18.7. The first-order valence-electron chi connectivity index (χ1n) is 12.1. The maximum atomic E-state index is 13.8. The number of hydrogen-bond donors (Lipinski definition) is 0. The summed E-state index contributed by atoms with van der Waals surface area (Å²) < 4.78 is 5.44. The molecule has 3 aromatic rings. The van der Waals surface area contributed by atoms with Crippen LogP contribution in [-0.2, 0) is 16.6 Å². The predicted molar refractivity (Wildman–Crippen MR) is 131 cm³/mol. The molecule has 2 heterocycles. The molecule has 1 aliphatic heterocycles. The van der Waals surface area contributed by atoms with Crippen LogP contribution in [0.4, 0.5) is 0 Å². The van der Waals surface area contributed by atoms with Crippen molar-refractivity contribution in [2.45, 2.75) is 38.5 Å². The van der Waals surface area contributed by atoms with Crippen LogP contribution in [-0.4, -0.2) is 60.5 Å². The molecule has 1 unspecified atom stereocenters. The number of rotatable bonds is 6. The summed E-state index contributed by atoms with van der Waals surface area (Å²) >= 11 is 0. The lowest BCUT2D eigenvalue weighted by Crippen LogP contribution is -2.45. The van der Waals surface area contributed by atoms with Crippen LogP contribution in [0.15, 0.2) is 53.1 Å². The van der Waals surface area contributed by atoms with E-state index in [1.54, 1.807) is 0 Å². The average Bonchev–Trinajstić information content (AvgIpc) is 3.31. The molecule has 0 N–H and O–H groups in total. The van der Waals surface area contributed by atoms with Crippen LogP contribution in [0.5, 0.6) is 0 Å². The lowest BCUT2D eigenvalue weighted by molar-refractivity contribution is -0.121. The summed E-state index contributed by atoms with van der Waals surface area (Å²) in [5, 5.41) is 4.15. The van der Waals surface area contributed by atoms with E-state index in [1.807, 2.05) is 19.9 Å². The number of fused-ring (bicyclic) bond motifs is 1. The van der Waals surface area contributed by atoms with E-state index in [4.69, 9.17) is 4.52 Å². The van der Waals surface area contributed by atoms with Gasteiger partial charge in [0.2, 0.25) is 0 Å². The Balaban J connectivity index is 1.52. The van der Waals surface area contributed by atoms with Gasteiger partial charge >= 0.3 is 0 Å². The van der Waals surface area contributed by atoms with Crippen molar-refractivity contribution in [2.75, 3.05) is 39.8 Å². The van der Waals surface area contributed by atoms with Gasteiger partial charge in [0.1, 0.15) is 5.76 Å². The number of benzene rings is 2. The number of carbonyl (C=O) groups is 1. The van der Waals surface area contributed by atoms with E-state index < -0.39 is 5.41 Å². The number of likely N-dealkylation sites (N-methyl/N-ethyl adjacent to an activating group) is 1. The lowest BCUT2D eigenvalue weighted by Gasteiger charge is -2.34. The van der Waals surface area contributed by atoms with Crippen LogP contribution in [0.25, 0.3) is 11.1 Å². The molecule has 0 bridgehead atoms. The maximum absolute atomic E-state index is 13.8. The standard InChI is InChI=1S/C28H33N3O2/c1-20-27(21(2)33-29-20)23-11-10-22-19-26(32)28(25(22)18-23,24-8-5-4-6-9-24)12-7-13-31-16-14-30(3)15-17-31/h4-6,8-11,18H,7,12-17,19H2,1-3H3. The van der Waals surface area contributed by atoms with E-state index >= 15 is 0 Å². The zero-order valence-corrected chi connectivity index (χ0v) is 19.9. The highest BCUT2D eigenvalue weighted by molar-refractivity contribution is 6.00. The number of aryl methyl sites for hydroxylation is 2. The molecular formula is C28H33N3O2. The quantitative estimate of drug-likeness (QED) is 0.565. The number of Topliss-reactive ketones (excluding diaryl/α,β-unsaturated/α-hetero) is 1. The van der Waals surface area contributed by atoms with E-state index in [1.165, 1.54) is 0 Å². The second-order valence-electron chi connectivity index (χ2n) is 9.69. The minimum Gasteiger partial charge on any atom is -0.361 e. The minimum atomic E-state index is -0.585. The molecule has 33 heavy (non-hydrogen) atoms. The molecule has 5 nitrogen and oxygen atoms in total. The van der Waals surface area contributed by atoms with Crippen molar-refractivity contribution in [3.63, 3.8) is 0 Å². The highest BCUT2D eigenvalue weighted by atomic mass is 16.5. The van der Waals surface area contributed by atoms with Crippen LogP contribution in [0.1, 0.15) is 41.0 Å². The Bertz CT molecular complexity index is 1130. The number of nitrogens with zero attached hydrogens (tertiary/aromatic N) is 3. The van der Waals surface area contributed by atoms with Gasteiger partial charge in [-0.1, -0.05) is 47.6 Å². The molecule has 1 atom stereocenters. The second-order valence-corrected chi connectivity index (χ2v) is 9.69. The zero-order valence-electron chi connectivity index (χ0n) is 19.9. The molecule has 1 fully saturated rings. The average molecular weight is 444 g/mol. The number of ketones is 1. The van der Waals surface area contributed by atoms with Crippen molar-refractivity contribution in [3.8, 4) is 11.1 Å².